The number of phenols is 1. The molecule has 1 aromatic carbocycles. The molecule has 0 fully saturated rings. The SMILES string of the molecule is CCCCCCCCc1ccc[c]c1O. The van der Waals surface area contributed by atoms with Crippen molar-refractivity contribution in [2.45, 2.75) is 51.9 Å². The Morgan fingerprint density at radius 3 is 2.60 bits per heavy atom. The Morgan fingerprint density at radius 2 is 1.87 bits per heavy atom. The number of unbranched alkanes of at least 4 members (excludes halogenated alkanes) is 5. The van der Waals surface area contributed by atoms with E-state index < -0.39 is 0 Å². The van der Waals surface area contributed by atoms with Gasteiger partial charge in [0, 0.05) is 6.07 Å². The van der Waals surface area contributed by atoms with Crippen LogP contribution < -0.4 is 0 Å². The molecule has 83 valence electrons. The van der Waals surface area contributed by atoms with Crippen LogP contribution in [0, 0.1) is 6.07 Å². The molecule has 0 atom stereocenters. The zero-order valence-electron chi connectivity index (χ0n) is 9.63. The van der Waals surface area contributed by atoms with E-state index in [1.54, 1.807) is 6.07 Å². The molecule has 1 heteroatoms. The number of hydrogen-bond acceptors (Lipinski definition) is 1. The zero-order chi connectivity index (χ0) is 10.9. The van der Waals surface area contributed by atoms with Crippen molar-refractivity contribution < 1.29 is 5.11 Å². The second-order valence-corrected chi connectivity index (χ2v) is 4.06. The molecule has 0 aliphatic heterocycles. The highest BCUT2D eigenvalue weighted by atomic mass is 16.3. The van der Waals surface area contributed by atoms with Crippen LogP contribution in [0.15, 0.2) is 18.2 Å². The molecular formula is C14H21O. The van der Waals surface area contributed by atoms with Gasteiger partial charge in [-0.25, -0.2) is 0 Å². The van der Waals surface area contributed by atoms with Gasteiger partial charge in [0.15, 0.2) is 0 Å². The molecule has 1 rings (SSSR count). The Morgan fingerprint density at radius 1 is 1.13 bits per heavy atom. The minimum atomic E-state index is 0.325. The van der Waals surface area contributed by atoms with Gasteiger partial charge in [0.05, 0.1) is 0 Å². The Hall–Kier alpha value is -0.980. The number of para-hydroxylation sites is 1. The van der Waals surface area contributed by atoms with E-state index in [1.807, 2.05) is 12.1 Å². The summed E-state index contributed by atoms with van der Waals surface area (Å²) in [5.74, 6) is 0.325. The van der Waals surface area contributed by atoms with Gasteiger partial charge in [0.1, 0.15) is 5.75 Å². The summed E-state index contributed by atoms with van der Waals surface area (Å²) < 4.78 is 0. The fourth-order valence-electron chi connectivity index (χ4n) is 1.76. The zero-order valence-corrected chi connectivity index (χ0v) is 9.63. The van der Waals surface area contributed by atoms with Crippen molar-refractivity contribution in [1.29, 1.82) is 0 Å². The fraction of sp³-hybridized carbons (Fsp3) is 0.571. The first-order valence-electron chi connectivity index (χ1n) is 6.03. The second kappa shape index (κ2) is 7.33. The summed E-state index contributed by atoms with van der Waals surface area (Å²) in [7, 11) is 0. The predicted octanol–water partition coefficient (Wildman–Crippen LogP) is 4.10. The van der Waals surface area contributed by atoms with E-state index in [0.717, 1.165) is 12.0 Å². The van der Waals surface area contributed by atoms with Gasteiger partial charge >= 0.3 is 0 Å². The van der Waals surface area contributed by atoms with Crippen molar-refractivity contribution in [3.63, 3.8) is 0 Å². The third kappa shape index (κ3) is 4.87. The lowest BCUT2D eigenvalue weighted by molar-refractivity contribution is 0.465. The molecule has 0 saturated carbocycles. The van der Waals surface area contributed by atoms with Crippen LogP contribution >= 0.6 is 0 Å². The monoisotopic (exact) mass is 205 g/mol. The van der Waals surface area contributed by atoms with Crippen LogP contribution in [0.5, 0.6) is 5.75 Å². The van der Waals surface area contributed by atoms with Crippen LogP contribution in [0.25, 0.3) is 0 Å². The topological polar surface area (TPSA) is 20.2 Å². The maximum atomic E-state index is 9.50. The molecule has 0 saturated heterocycles. The largest absolute Gasteiger partial charge is 0.507 e. The lowest BCUT2D eigenvalue weighted by Gasteiger charge is -2.03. The van der Waals surface area contributed by atoms with Gasteiger partial charge in [-0.3, -0.25) is 0 Å². The van der Waals surface area contributed by atoms with Crippen LogP contribution in [0.2, 0.25) is 0 Å². The smallest absolute Gasteiger partial charge is 0.126 e. The maximum Gasteiger partial charge on any atom is 0.126 e. The van der Waals surface area contributed by atoms with Gasteiger partial charge in [0.2, 0.25) is 0 Å². The summed E-state index contributed by atoms with van der Waals surface area (Å²) in [6.07, 6.45) is 8.76. The number of hydrogen-bond donors (Lipinski definition) is 1. The highest BCUT2D eigenvalue weighted by Crippen LogP contribution is 2.18. The first-order chi connectivity index (χ1) is 7.34. The van der Waals surface area contributed by atoms with Gasteiger partial charge in [-0.15, -0.1) is 0 Å². The van der Waals surface area contributed by atoms with Crippen molar-refractivity contribution in [1.82, 2.24) is 0 Å². The first-order valence-corrected chi connectivity index (χ1v) is 6.03. The molecule has 0 amide bonds. The van der Waals surface area contributed by atoms with E-state index in [2.05, 4.69) is 13.0 Å². The average molecular weight is 205 g/mol. The fourth-order valence-corrected chi connectivity index (χ4v) is 1.76. The van der Waals surface area contributed by atoms with Gasteiger partial charge in [-0.2, -0.15) is 0 Å². The summed E-state index contributed by atoms with van der Waals surface area (Å²) in [5, 5.41) is 9.50. The van der Waals surface area contributed by atoms with Crippen molar-refractivity contribution in [3.05, 3.63) is 29.8 Å². The lowest BCUT2D eigenvalue weighted by Crippen LogP contribution is -1.87. The molecule has 0 heterocycles. The number of benzene rings is 1. The minimum Gasteiger partial charge on any atom is -0.507 e. The molecule has 1 nitrogen and oxygen atoms in total. The molecule has 15 heavy (non-hydrogen) atoms. The van der Waals surface area contributed by atoms with E-state index >= 15 is 0 Å². The molecule has 0 aliphatic carbocycles. The molecular weight excluding hydrogens is 184 g/mol. The minimum absolute atomic E-state index is 0.325. The second-order valence-electron chi connectivity index (χ2n) is 4.06. The third-order valence-electron chi connectivity index (χ3n) is 2.72. The molecule has 0 spiro atoms. The average Bonchev–Trinajstić information content (AvgIpc) is 2.25. The Kier molecular flexibility index (Phi) is 5.91. The quantitative estimate of drug-likeness (QED) is 0.664. The molecule has 1 radical (unpaired) electrons. The van der Waals surface area contributed by atoms with E-state index in [9.17, 15) is 5.11 Å². The highest BCUT2D eigenvalue weighted by Gasteiger charge is 1.99. The number of phenolic OH excluding ortho intramolecular Hbond substituents is 1. The molecule has 1 N–H and O–H groups in total. The number of aromatic hydroxyl groups is 1. The van der Waals surface area contributed by atoms with Gasteiger partial charge in [-0.05, 0) is 18.4 Å². The van der Waals surface area contributed by atoms with E-state index in [-0.39, 0.29) is 0 Å². The van der Waals surface area contributed by atoms with E-state index in [0.29, 0.717) is 5.75 Å². The van der Waals surface area contributed by atoms with Gasteiger partial charge < -0.3 is 5.11 Å². The molecule has 0 aliphatic rings. The van der Waals surface area contributed by atoms with Crippen molar-refractivity contribution >= 4 is 0 Å². The van der Waals surface area contributed by atoms with Crippen LogP contribution in [-0.4, -0.2) is 5.11 Å². The van der Waals surface area contributed by atoms with Crippen molar-refractivity contribution in [2.24, 2.45) is 0 Å². The Labute approximate surface area is 93.1 Å². The summed E-state index contributed by atoms with van der Waals surface area (Å²) in [6.45, 7) is 2.23. The van der Waals surface area contributed by atoms with Gasteiger partial charge in [-0.1, -0.05) is 57.2 Å². The van der Waals surface area contributed by atoms with E-state index in [4.69, 9.17) is 0 Å². The number of aryl methyl sites for hydroxylation is 1. The molecule has 0 bridgehead atoms. The Balaban J connectivity index is 2.12. The summed E-state index contributed by atoms with van der Waals surface area (Å²) in [4.78, 5) is 0. The molecule has 0 unspecified atom stereocenters. The molecule has 1 aromatic rings. The van der Waals surface area contributed by atoms with Crippen LogP contribution in [0.3, 0.4) is 0 Å². The van der Waals surface area contributed by atoms with Crippen LogP contribution in [-0.2, 0) is 6.42 Å². The summed E-state index contributed by atoms with van der Waals surface area (Å²) in [5.41, 5.74) is 1.04. The number of rotatable bonds is 7. The standard InChI is InChI=1S/C14H21O/c1-2-3-4-5-6-7-10-13-11-8-9-12-14(13)15/h8-9,11,15H,2-7,10H2,1H3. The predicted molar refractivity (Wildman–Crippen MR) is 64.0 cm³/mol. The Bertz CT molecular complexity index is 268. The van der Waals surface area contributed by atoms with Crippen molar-refractivity contribution in [2.75, 3.05) is 0 Å². The van der Waals surface area contributed by atoms with Gasteiger partial charge in [0.25, 0.3) is 0 Å². The van der Waals surface area contributed by atoms with Crippen LogP contribution in [0.1, 0.15) is 51.0 Å². The summed E-state index contributed by atoms with van der Waals surface area (Å²) in [6, 6.07) is 8.49. The summed E-state index contributed by atoms with van der Waals surface area (Å²) >= 11 is 0. The van der Waals surface area contributed by atoms with Crippen molar-refractivity contribution in [3.8, 4) is 5.75 Å². The maximum absolute atomic E-state index is 9.50. The van der Waals surface area contributed by atoms with Crippen LogP contribution in [0.4, 0.5) is 0 Å². The van der Waals surface area contributed by atoms with E-state index in [1.165, 1.54) is 38.5 Å². The highest BCUT2D eigenvalue weighted by molar-refractivity contribution is 5.30. The normalized spacial score (nSPS) is 10.5. The lowest BCUT2D eigenvalue weighted by atomic mass is 10.0. The third-order valence-corrected chi connectivity index (χ3v) is 2.72. The first kappa shape index (κ1) is 12.1. The molecule has 0 aromatic heterocycles.